The molecule has 2 nitrogen and oxygen atoms in total. The van der Waals surface area contributed by atoms with Gasteiger partial charge >= 0.3 is 0 Å². The smallest absolute Gasteiger partial charge is 0.0646 e. The Bertz CT molecular complexity index is 538. The van der Waals surface area contributed by atoms with Crippen LogP contribution < -0.4 is 10.6 Å². The van der Waals surface area contributed by atoms with E-state index in [9.17, 15) is 0 Å². The van der Waals surface area contributed by atoms with Gasteiger partial charge in [0.05, 0.1) is 10.7 Å². The number of hydrogen-bond acceptors (Lipinski definition) is 2. The first-order valence-electron chi connectivity index (χ1n) is 6.51. The summed E-state index contributed by atoms with van der Waals surface area (Å²) in [5.74, 6) is 0. The molecule has 3 heteroatoms. The summed E-state index contributed by atoms with van der Waals surface area (Å²) in [6.45, 7) is 4.93. The van der Waals surface area contributed by atoms with Gasteiger partial charge in [-0.3, -0.25) is 0 Å². The summed E-state index contributed by atoms with van der Waals surface area (Å²) in [4.78, 5) is 2.19. The van der Waals surface area contributed by atoms with Crippen LogP contribution in [0.2, 0.25) is 5.02 Å². The van der Waals surface area contributed by atoms with Crippen molar-refractivity contribution in [3.05, 3.63) is 59.1 Å². The van der Waals surface area contributed by atoms with Crippen LogP contribution >= 0.6 is 11.6 Å². The van der Waals surface area contributed by atoms with Gasteiger partial charge in [0.15, 0.2) is 0 Å². The highest BCUT2D eigenvalue weighted by Gasteiger charge is 2.12. The number of nitrogens with two attached hydrogens (primary N) is 1. The maximum absolute atomic E-state index is 6.40. The fourth-order valence-corrected chi connectivity index (χ4v) is 2.42. The van der Waals surface area contributed by atoms with Crippen LogP contribution in [0.5, 0.6) is 0 Å². The Morgan fingerprint density at radius 1 is 1.16 bits per heavy atom. The topological polar surface area (TPSA) is 29.3 Å². The molecule has 0 spiro atoms. The highest BCUT2D eigenvalue weighted by atomic mass is 35.5. The van der Waals surface area contributed by atoms with Crippen molar-refractivity contribution in [3.8, 4) is 0 Å². The second-order valence-corrected chi connectivity index (χ2v) is 4.99. The minimum absolute atomic E-state index is 0.00153. The van der Waals surface area contributed by atoms with Crippen molar-refractivity contribution in [2.45, 2.75) is 19.9 Å². The summed E-state index contributed by atoms with van der Waals surface area (Å²) in [5, 5.41) is 0.737. The molecular formula is C16H19ClN2. The average Bonchev–Trinajstić information content (AvgIpc) is 2.42. The minimum atomic E-state index is -0.00153. The van der Waals surface area contributed by atoms with E-state index >= 15 is 0 Å². The highest BCUT2D eigenvalue weighted by Crippen LogP contribution is 2.33. The number of anilines is 2. The Morgan fingerprint density at radius 3 is 2.37 bits per heavy atom. The van der Waals surface area contributed by atoms with Crippen LogP contribution in [0.4, 0.5) is 11.4 Å². The lowest BCUT2D eigenvalue weighted by atomic mass is 10.1. The lowest BCUT2D eigenvalue weighted by Gasteiger charge is -2.25. The molecule has 0 unspecified atom stereocenters. The van der Waals surface area contributed by atoms with Gasteiger partial charge < -0.3 is 10.6 Å². The van der Waals surface area contributed by atoms with E-state index in [0.29, 0.717) is 0 Å². The second-order valence-electron chi connectivity index (χ2n) is 4.58. The third-order valence-electron chi connectivity index (χ3n) is 3.17. The maximum Gasteiger partial charge on any atom is 0.0646 e. The molecule has 0 bridgehead atoms. The van der Waals surface area contributed by atoms with Gasteiger partial charge in [0, 0.05) is 18.3 Å². The Kier molecular flexibility index (Phi) is 4.46. The van der Waals surface area contributed by atoms with E-state index in [1.807, 2.05) is 43.3 Å². The van der Waals surface area contributed by atoms with E-state index in [1.165, 1.54) is 0 Å². The molecule has 0 heterocycles. The third-order valence-corrected chi connectivity index (χ3v) is 3.48. The summed E-state index contributed by atoms with van der Waals surface area (Å²) in [5.41, 5.74) is 9.09. The molecule has 0 radical (unpaired) electrons. The van der Waals surface area contributed by atoms with Gasteiger partial charge in [-0.2, -0.15) is 0 Å². The number of para-hydroxylation sites is 1. The lowest BCUT2D eigenvalue weighted by molar-refractivity contribution is 0.818. The predicted molar refractivity (Wildman–Crippen MR) is 83.2 cm³/mol. The molecular weight excluding hydrogens is 256 g/mol. The summed E-state index contributed by atoms with van der Waals surface area (Å²) in [6.07, 6.45) is 0. The zero-order chi connectivity index (χ0) is 13.8. The van der Waals surface area contributed by atoms with Crippen molar-refractivity contribution in [2.24, 2.45) is 5.73 Å². The van der Waals surface area contributed by atoms with Gasteiger partial charge in [0.1, 0.15) is 0 Å². The van der Waals surface area contributed by atoms with E-state index in [2.05, 4.69) is 24.0 Å². The molecule has 2 N–H and O–H groups in total. The number of nitrogens with zero attached hydrogens (tertiary/aromatic N) is 1. The molecule has 0 aliphatic heterocycles. The fourth-order valence-electron chi connectivity index (χ4n) is 2.13. The SMILES string of the molecule is CCN(c1ccccc1)c1ccc([C@H](C)N)cc1Cl. The first kappa shape index (κ1) is 13.9. The maximum atomic E-state index is 6.40. The van der Waals surface area contributed by atoms with Crippen LogP contribution in [0.25, 0.3) is 0 Å². The molecule has 0 saturated carbocycles. The third kappa shape index (κ3) is 3.09. The van der Waals surface area contributed by atoms with E-state index in [0.717, 1.165) is 28.5 Å². The number of rotatable bonds is 4. The molecule has 0 fully saturated rings. The van der Waals surface area contributed by atoms with Crippen molar-refractivity contribution in [3.63, 3.8) is 0 Å². The Balaban J connectivity index is 2.39. The van der Waals surface area contributed by atoms with Gasteiger partial charge in [-0.15, -0.1) is 0 Å². The number of hydrogen-bond donors (Lipinski definition) is 1. The molecule has 2 aromatic carbocycles. The van der Waals surface area contributed by atoms with Gasteiger partial charge in [0.25, 0.3) is 0 Å². The molecule has 19 heavy (non-hydrogen) atoms. The van der Waals surface area contributed by atoms with E-state index in [1.54, 1.807) is 0 Å². The standard InChI is InChI=1S/C16H19ClN2/c1-3-19(14-7-5-4-6-8-14)16-10-9-13(12(2)18)11-15(16)17/h4-12H,3,18H2,1-2H3/t12-/m0/s1. The Hall–Kier alpha value is -1.51. The molecule has 0 aliphatic carbocycles. The molecule has 0 aliphatic rings. The van der Waals surface area contributed by atoms with Gasteiger partial charge in [-0.1, -0.05) is 35.9 Å². The van der Waals surface area contributed by atoms with Gasteiger partial charge in [-0.25, -0.2) is 0 Å². The molecule has 0 saturated heterocycles. The normalized spacial score (nSPS) is 12.2. The van der Waals surface area contributed by atoms with Crippen molar-refractivity contribution in [1.82, 2.24) is 0 Å². The molecule has 0 amide bonds. The Morgan fingerprint density at radius 2 is 1.84 bits per heavy atom. The van der Waals surface area contributed by atoms with Crippen LogP contribution in [0.15, 0.2) is 48.5 Å². The van der Waals surface area contributed by atoms with Crippen molar-refractivity contribution < 1.29 is 0 Å². The van der Waals surface area contributed by atoms with Crippen LogP contribution in [0.3, 0.4) is 0 Å². The first-order chi connectivity index (χ1) is 9.13. The molecule has 2 aromatic rings. The molecule has 2 rings (SSSR count). The van der Waals surface area contributed by atoms with Crippen LogP contribution in [0.1, 0.15) is 25.5 Å². The average molecular weight is 275 g/mol. The van der Waals surface area contributed by atoms with Gasteiger partial charge in [0.2, 0.25) is 0 Å². The van der Waals surface area contributed by atoms with Gasteiger partial charge in [-0.05, 0) is 43.7 Å². The molecule has 1 atom stereocenters. The zero-order valence-corrected chi connectivity index (χ0v) is 12.1. The summed E-state index contributed by atoms with van der Waals surface area (Å²) in [7, 11) is 0. The predicted octanol–water partition coefficient (Wildman–Crippen LogP) is 4.52. The van der Waals surface area contributed by atoms with Crippen molar-refractivity contribution >= 4 is 23.0 Å². The summed E-state index contributed by atoms with van der Waals surface area (Å²) < 4.78 is 0. The fraction of sp³-hybridized carbons (Fsp3) is 0.250. The largest absolute Gasteiger partial charge is 0.341 e. The number of benzene rings is 2. The zero-order valence-electron chi connectivity index (χ0n) is 11.3. The van der Waals surface area contributed by atoms with Crippen molar-refractivity contribution in [1.29, 1.82) is 0 Å². The Labute approximate surface area is 119 Å². The highest BCUT2D eigenvalue weighted by molar-refractivity contribution is 6.33. The van der Waals surface area contributed by atoms with Crippen LogP contribution in [-0.2, 0) is 0 Å². The quantitative estimate of drug-likeness (QED) is 0.888. The van der Waals surface area contributed by atoms with E-state index in [4.69, 9.17) is 17.3 Å². The first-order valence-corrected chi connectivity index (χ1v) is 6.89. The van der Waals surface area contributed by atoms with Crippen molar-refractivity contribution in [2.75, 3.05) is 11.4 Å². The summed E-state index contributed by atoms with van der Waals surface area (Å²) in [6, 6.07) is 16.3. The van der Waals surface area contributed by atoms with E-state index < -0.39 is 0 Å². The molecule has 0 aromatic heterocycles. The second kappa shape index (κ2) is 6.09. The monoisotopic (exact) mass is 274 g/mol. The minimum Gasteiger partial charge on any atom is -0.341 e. The lowest BCUT2D eigenvalue weighted by Crippen LogP contribution is -2.16. The molecule has 100 valence electrons. The van der Waals surface area contributed by atoms with E-state index in [-0.39, 0.29) is 6.04 Å². The van der Waals surface area contributed by atoms with Crippen LogP contribution in [0, 0.1) is 0 Å². The van der Waals surface area contributed by atoms with Crippen LogP contribution in [-0.4, -0.2) is 6.54 Å². The number of halogens is 1. The summed E-state index contributed by atoms with van der Waals surface area (Å²) >= 11 is 6.40.